The zero-order valence-electron chi connectivity index (χ0n) is 11.5. The second kappa shape index (κ2) is 7.48. The topological polar surface area (TPSA) is 47.7 Å². The van der Waals surface area contributed by atoms with Gasteiger partial charge in [-0.3, -0.25) is 4.90 Å². The molecule has 1 fully saturated rings. The predicted octanol–water partition coefficient (Wildman–Crippen LogP) is 2.42. The molecule has 2 N–H and O–H groups in total. The third-order valence-corrected chi connectivity index (χ3v) is 3.93. The normalized spacial score (nSPS) is 21.7. The monoisotopic (exact) mass is 318 g/mol. The fourth-order valence-corrected chi connectivity index (χ4v) is 2.66. The van der Waals surface area contributed by atoms with E-state index in [1.54, 1.807) is 18.2 Å². The van der Waals surface area contributed by atoms with E-state index in [9.17, 15) is 0 Å². The molecular weight excluding hydrogens is 299 g/mol. The minimum absolute atomic E-state index is 0.0386. The van der Waals surface area contributed by atoms with Gasteiger partial charge in [-0.15, -0.1) is 0 Å². The quantitative estimate of drug-likeness (QED) is 0.905. The molecule has 4 nitrogen and oxygen atoms in total. The predicted molar refractivity (Wildman–Crippen MR) is 81.8 cm³/mol. The number of nitrogens with zero attached hydrogens (tertiary/aromatic N) is 1. The summed E-state index contributed by atoms with van der Waals surface area (Å²) in [5.74, 6) is 0.549. The number of halogens is 2. The van der Waals surface area contributed by atoms with Crippen molar-refractivity contribution in [2.24, 2.45) is 5.73 Å². The van der Waals surface area contributed by atoms with Crippen molar-refractivity contribution in [2.75, 3.05) is 32.8 Å². The largest absolute Gasteiger partial charge is 0.489 e. The van der Waals surface area contributed by atoms with Crippen molar-refractivity contribution in [3.05, 3.63) is 28.2 Å². The van der Waals surface area contributed by atoms with Crippen LogP contribution in [-0.4, -0.2) is 49.9 Å². The van der Waals surface area contributed by atoms with E-state index in [1.165, 1.54) is 0 Å². The number of morpholine rings is 1. The summed E-state index contributed by atoms with van der Waals surface area (Å²) in [6, 6.07) is 5.37. The van der Waals surface area contributed by atoms with Gasteiger partial charge in [-0.25, -0.2) is 0 Å². The third kappa shape index (κ3) is 4.24. The smallest absolute Gasteiger partial charge is 0.156 e. The Morgan fingerprint density at radius 1 is 1.45 bits per heavy atom. The number of hydrogen-bond acceptors (Lipinski definition) is 4. The highest BCUT2D eigenvalue weighted by molar-refractivity contribution is 6.37. The number of rotatable bonds is 5. The summed E-state index contributed by atoms with van der Waals surface area (Å²) in [6.45, 7) is 5.73. The van der Waals surface area contributed by atoms with Crippen molar-refractivity contribution in [2.45, 2.75) is 19.1 Å². The number of benzene rings is 1. The fourth-order valence-electron chi connectivity index (χ4n) is 2.15. The van der Waals surface area contributed by atoms with Crippen molar-refractivity contribution < 1.29 is 9.47 Å². The Bertz CT molecular complexity index is 423. The first-order valence-corrected chi connectivity index (χ1v) is 7.50. The Kier molecular flexibility index (Phi) is 5.93. The summed E-state index contributed by atoms with van der Waals surface area (Å²) in [5, 5.41) is 1.07. The highest BCUT2D eigenvalue weighted by Gasteiger charge is 2.23. The highest BCUT2D eigenvalue weighted by atomic mass is 35.5. The Morgan fingerprint density at radius 3 is 2.80 bits per heavy atom. The molecule has 0 bridgehead atoms. The van der Waals surface area contributed by atoms with Gasteiger partial charge in [-0.1, -0.05) is 29.3 Å². The summed E-state index contributed by atoms with van der Waals surface area (Å²) in [4.78, 5) is 2.28. The van der Waals surface area contributed by atoms with Gasteiger partial charge in [0, 0.05) is 25.7 Å². The van der Waals surface area contributed by atoms with Gasteiger partial charge in [-0.2, -0.15) is 0 Å². The molecule has 2 rings (SSSR count). The van der Waals surface area contributed by atoms with Crippen molar-refractivity contribution in [3.63, 3.8) is 0 Å². The zero-order valence-corrected chi connectivity index (χ0v) is 13.0. The molecule has 0 aromatic heterocycles. The summed E-state index contributed by atoms with van der Waals surface area (Å²) in [7, 11) is 0. The molecule has 1 aromatic rings. The minimum atomic E-state index is 0.0386. The molecule has 0 saturated carbocycles. The lowest BCUT2D eigenvalue weighted by Crippen LogP contribution is -2.50. The third-order valence-electron chi connectivity index (χ3n) is 3.34. The molecule has 1 aliphatic heterocycles. The summed E-state index contributed by atoms with van der Waals surface area (Å²) >= 11 is 12.1. The van der Waals surface area contributed by atoms with E-state index in [2.05, 4.69) is 4.90 Å². The standard InChI is InChI=1S/C14H20Cl2N2O2/c1-10(17)13-9-18(5-7-19-13)6-8-20-14-11(15)3-2-4-12(14)16/h2-4,10,13H,5-9,17H2,1H3. The van der Waals surface area contributed by atoms with Crippen molar-refractivity contribution in [3.8, 4) is 5.75 Å². The second-order valence-electron chi connectivity index (χ2n) is 4.97. The number of nitrogens with two attached hydrogens (primary N) is 1. The van der Waals surface area contributed by atoms with Gasteiger partial charge in [0.1, 0.15) is 6.61 Å². The average molecular weight is 319 g/mol. The van der Waals surface area contributed by atoms with Gasteiger partial charge < -0.3 is 15.2 Å². The van der Waals surface area contributed by atoms with E-state index >= 15 is 0 Å². The Hall–Kier alpha value is -0.520. The minimum Gasteiger partial charge on any atom is -0.489 e. The van der Waals surface area contributed by atoms with Crippen LogP contribution in [0.15, 0.2) is 18.2 Å². The average Bonchev–Trinajstić information content (AvgIpc) is 2.42. The molecule has 0 radical (unpaired) electrons. The van der Waals surface area contributed by atoms with E-state index in [1.807, 2.05) is 6.92 Å². The van der Waals surface area contributed by atoms with Gasteiger partial charge >= 0.3 is 0 Å². The van der Waals surface area contributed by atoms with E-state index in [0.29, 0.717) is 29.0 Å². The van der Waals surface area contributed by atoms with Gasteiger partial charge in [0.05, 0.1) is 22.8 Å². The second-order valence-corrected chi connectivity index (χ2v) is 5.78. The first-order chi connectivity index (χ1) is 9.58. The molecule has 1 heterocycles. The Labute approximate surface area is 129 Å². The number of para-hydroxylation sites is 1. The van der Waals surface area contributed by atoms with Crippen LogP contribution in [0.1, 0.15) is 6.92 Å². The molecule has 2 atom stereocenters. The molecule has 1 saturated heterocycles. The van der Waals surface area contributed by atoms with Gasteiger partial charge in [0.15, 0.2) is 5.75 Å². The SMILES string of the molecule is CC(N)C1CN(CCOc2c(Cl)cccc2Cl)CCO1. The lowest BCUT2D eigenvalue weighted by molar-refractivity contribution is -0.0402. The van der Waals surface area contributed by atoms with E-state index in [0.717, 1.165) is 19.6 Å². The fraction of sp³-hybridized carbons (Fsp3) is 0.571. The molecule has 0 amide bonds. The summed E-state index contributed by atoms with van der Waals surface area (Å²) in [6.07, 6.45) is 0.0904. The van der Waals surface area contributed by atoms with E-state index < -0.39 is 0 Å². The molecule has 2 unspecified atom stereocenters. The van der Waals surface area contributed by atoms with Crippen molar-refractivity contribution >= 4 is 23.2 Å². The van der Waals surface area contributed by atoms with Crippen LogP contribution in [0.5, 0.6) is 5.75 Å². The molecular formula is C14H20Cl2N2O2. The highest BCUT2D eigenvalue weighted by Crippen LogP contribution is 2.32. The molecule has 1 aromatic carbocycles. The first kappa shape index (κ1) is 15.9. The molecule has 0 aliphatic carbocycles. The molecule has 6 heteroatoms. The van der Waals surface area contributed by atoms with Crippen molar-refractivity contribution in [1.82, 2.24) is 4.90 Å². The van der Waals surface area contributed by atoms with Gasteiger partial charge in [-0.05, 0) is 19.1 Å². The lowest BCUT2D eigenvalue weighted by atomic mass is 10.1. The summed E-state index contributed by atoms with van der Waals surface area (Å²) in [5.41, 5.74) is 5.87. The zero-order chi connectivity index (χ0) is 14.5. The maximum absolute atomic E-state index is 6.06. The van der Waals surface area contributed by atoms with Crippen LogP contribution < -0.4 is 10.5 Å². The molecule has 0 spiro atoms. The van der Waals surface area contributed by atoms with Crippen LogP contribution in [0.2, 0.25) is 10.0 Å². The van der Waals surface area contributed by atoms with E-state index in [-0.39, 0.29) is 12.1 Å². The molecule has 1 aliphatic rings. The number of ether oxygens (including phenoxy) is 2. The van der Waals surface area contributed by atoms with Crippen LogP contribution in [-0.2, 0) is 4.74 Å². The Morgan fingerprint density at radius 2 is 2.15 bits per heavy atom. The van der Waals surface area contributed by atoms with Crippen LogP contribution in [0.4, 0.5) is 0 Å². The van der Waals surface area contributed by atoms with Crippen LogP contribution in [0.3, 0.4) is 0 Å². The molecule has 112 valence electrons. The Balaban J connectivity index is 1.81. The van der Waals surface area contributed by atoms with Crippen LogP contribution in [0, 0.1) is 0 Å². The van der Waals surface area contributed by atoms with Crippen molar-refractivity contribution in [1.29, 1.82) is 0 Å². The maximum Gasteiger partial charge on any atom is 0.156 e. The lowest BCUT2D eigenvalue weighted by Gasteiger charge is -2.34. The van der Waals surface area contributed by atoms with E-state index in [4.69, 9.17) is 38.4 Å². The van der Waals surface area contributed by atoms with Crippen LogP contribution >= 0.6 is 23.2 Å². The first-order valence-electron chi connectivity index (χ1n) is 6.74. The van der Waals surface area contributed by atoms with Gasteiger partial charge in [0.25, 0.3) is 0 Å². The number of hydrogen-bond donors (Lipinski definition) is 1. The van der Waals surface area contributed by atoms with Gasteiger partial charge in [0.2, 0.25) is 0 Å². The van der Waals surface area contributed by atoms with Crippen LogP contribution in [0.25, 0.3) is 0 Å². The maximum atomic E-state index is 6.06. The summed E-state index contributed by atoms with van der Waals surface area (Å²) < 4.78 is 11.3. The molecule has 20 heavy (non-hydrogen) atoms.